The smallest absolute Gasteiger partial charge is 0.0288 e. The minimum atomic E-state index is -4.32. The lowest BCUT2D eigenvalue weighted by Gasteiger charge is -2.30. The number of hydrogen-bond acceptors (Lipinski definition) is 3. The molecule has 3 nitrogen and oxygen atoms in total. The molecule has 0 aliphatic carbocycles. The average Bonchev–Trinajstić information content (AvgIpc) is 1.62. The SMILES string of the molecule is O=P([O-])([O-])CC(Br)CBr. The van der Waals surface area contributed by atoms with Gasteiger partial charge in [0.05, 0.1) is 0 Å². The van der Waals surface area contributed by atoms with Crippen molar-refractivity contribution in [2.24, 2.45) is 0 Å². The quantitative estimate of drug-likeness (QED) is 0.542. The molecular formula is C3H5Br2O3P-2. The predicted octanol–water partition coefficient (Wildman–Crippen LogP) is 0.0585. The molecule has 9 heavy (non-hydrogen) atoms. The fourth-order valence-electron chi connectivity index (χ4n) is 0.291. The third-order valence-electron chi connectivity index (χ3n) is 0.589. The van der Waals surface area contributed by atoms with Gasteiger partial charge in [-0.3, -0.25) is 0 Å². The van der Waals surface area contributed by atoms with E-state index in [4.69, 9.17) is 0 Å². The summed E-state index contributed by atoms with van der Waals surface area (Å²) in [6.45, 7) is 0. The van der Waals surface area contributed by atoms with Gasteiger partial charge in [-0.05, 0) is 6.16 Å². The third kappa shape index (κ3) is 7.00. The minimum absolute atomic E-state index is 0.265. The van der Waals surface area contributed by atoms with Gasteiger partial charge < -0.3 is 14.4 Å². The summed E-state index contributed by atoms with van der Waals surface area (Å²) in [6, 6.07) is 0. The maximum absolute atomic E-state index is 10.0. The molecule has 0 aromatic rings. The number of rotatable bonds is 3. The van der Waals surface area contributed by atoms with E-state index in [2.05, 4.69) is 31.9 Å². The summed E-state index contributed by atoms with van der Waals surface area (Å²) in [5.74, 6) is 0. The molecule has 0 aromatic heterocycles. The zero-order chi connectivity index (χ0) is 7.49. The van der Waals surface area contributed by atoms with Crippen molar-refractivity contribution in [2.45, 2.75) is 4.83 Å². The van der Waals surface area contributed by atoms with Crippen LogP contribution in [0.4, 0.5) is 0 Å². The van der Waals surface area contributed by atoms with E-state index in [-0.39, 0.29) is 11.0 Å². The second kappa shape index (κ2) is 4.09. The molecule has 0 spiro atoms. The molecule has 0 bridgehead atoms. The zero-order valence-corrected chi connectivity index (χ0v) is 8.49. The topological polar surface area (TPSA) is 63.2 Å². The monoisotopic (exact) mass is 278 g/mol. The average molecular weight is 280 g/mol. The van der Waals surface area contributed by atoms with Gasteiger partial charge in [-0.1, -0.05) is 39.5 Å². The second-order valence-electron chi connectivity index (χ2n) is 1.55. The van der Waals surface area contributed by atoms with Gasteiger partial charge in [0.15, 0.2) is 0 Å². The van der Waals surface area contributed by atoms with Gasteiger partial charge in [0, 0.05) is 10.2 Å². The van der Waals surface area contributed by atoms with E-state index in [1.54, 1.807) is 0 Å². The number of hydrogen-bond donors (Lipinski definition) is 0. The molecule has 0 radical (unpaired) electrons. The summed E-state index contributed by atoms with van der Waals surface area (Å²) < 4.78 is 10.0. The molecule has 1 atom stereocenters. The van der Waals surface area contributed by atoms with E-state index >= 15 is 0 Å². The number of halogens is 2. The Labute approximate surface area is 70.3 Å². The van der Waals surface area contributed by atoms with Gasteiger partial charge in [-0.2, -0.15) is 0 Å². The van der Waals surface area contributed by atoms with E-state index in [0.29, 0.717) is 5.33 Å². The maximum Gasteiger partial charge on any atom is 0.0288 e. The van der Waals surface area contributed by atoms with E-state index in [9.17, 15) is 14.4 Å². The summed E-state index contributed by atoms with van der Waals surface area (Å²) in [7, 11) is -4.32. The highest BCUT2D eigenvalue weighted by Crippen LogP contribution is 2.27. The van der Waals surface area contributed by atoms with Crippen molar-refractivity contribution in [3.8, 4) is 0 Å². The number of alkyl halides is 2. The molecular weight excluding hydrogens is 275 g/mol. The predicted molar refractivity (Wildman–Crippen MR) is 39.0 cm³/mol. The van der Waals surface area contributed by atoms with Gasteiger partial charge in [-0.15, -0.1) is 0 Å². The van der Waals surface area contributed by atoms with Crippen molar-refractivity contribution in [1.82, 2.24) is 0 Å². The molecule has 0 fully saturated rings. The highest BCUT2D eigenvalue weighted by atomic mass is 79.9. The van der Waals surface area contributed by atoms with Gasteiger partial charge in [0.2, 0.25) is 0 Å². The molecule has 56 valence electrons. The maximum atomic E-state index is 10.0. The molecule has 0 aliphatic rings. The van der Waals surface area contributed by atoms with Crippen molar-refractivity contribution < 1.29 is 14.4 Å². The van der Waals surface area contributed by atoms with E-state index < -0.39 is 7.60 Å². The molecule has 0 aliphatic heterocycles. The van der Waals surface area contributed by atoms with E-state index in [1.807, 2.05) is 0 Å². The first-order valence-corrected chi connectivity index (χ1v) is 5.93. The zero-order valence-electron chi connectivity index (χ0n) is 4.42. The fourth-order valence-corrected chi connectivity index (χ4v) is 2.55. The van der Waals surface area contributed by atoms with Gasteiger partial charge >= 0.3 is 0 Å². The van der Waals surface area contributed by atoms with Crippen LogP contribution in [0.25, 0.3) is 0 Å². The first-order chi connectivity index (χ1) is 3.95. The van der Waals surface area contributed by atoms with Crippen molar-refractivity contribution in [3.05, 3.63) is 0 Å². The molecule has 0 heterocycles. The van der Waals surface area contributed by atoms with Crippen LogP contribution in [-0.4, -0.2) is 16.3 Å². The molecule has 0 saturated carbocycles. The van der Waals surface area contributed by atoms with Crippen LogP contribution in [0.15, 0.2) is 0 Å². The summed E-state index contributed by atoms with van der Waals surface area (Å²) in [5, 5.41) is 0.474. The molecule has 0 saturated heterocycles. The van der Waals surface area contributed by atoms with Crippen molar-refractivity contribution in [1.29, 1.82) is 0 Å². The van der Waals surface area contributed by atoms with Crippen LogP contribution >= 0.6 is 39.5 Å². The Hall–Kier alpha value is 1.11. The Morgan fingerprint density at radius 1 is 1.56 bits per heavy atom. The van der Waals surface area contributed by atoms with Gasteiger partial charge in [0.25, 0.3) is 0 Å². The van der Waals surface area contributed by atoms with E-state index in [0.717, 1.165) is 0 Å². The van der Waals surface area contributed by atoms with Gasteiger partial charge in [-0.25, -0.2) is 0 Å². The summed E-state index contributed by atoms with van der Waals surface area (Å²) in [5.41, 5.74) is 0. The van der Waals surface area contributed by atoms with Crippen LogP contribution in [0.3, 0.4) is 0 Å². The van der Waals surface area contributed by atoms with Crippen molar-refractivity contribution >= 4 is 39.5 Å². The van der Waals surface area contributed by atoms with Crippen LogP contribution < -0.4 is 9.79 Å². The van der Waals surface area contributed by atoms with Crippen LogP contribution in [0, 0.1) is 0 Å². The molecule has 6 heteroatoms. The first-order valence-electron chi connectivity index (χ1n) is 2.17. The normalized spacial score (nSPS) is 15.6. The van der Waals surface area contributed by atoms with Crippen LogP contribution in [-0.2, 0) is 4.57 Å². The summed E-state index contributed by atoms with van der Waals surface area (Å²) in [6.07, 6.45) is -0.335. The second-order valence-corrected chi connectivity index (χ2v) is 5.07. The van der Waals surface area contributed by atoms with Crippen LogP contribution in [0.5, 0.6) is 0 Å². The Balaban J connectivity index is 3.60. The lowest BCUT2D eigenvalue weighted by Crippen LogP contribution is -2.22. The Bertz CT molecular complexity index is 122. The van der Waals surface area contributed by atoms with Crippen LogP contribution in [0.1, 0.15) is 0 Å². The summed E-state index contributed by atoms with van der Waals surface area (Å²) >= 11 is 6.02. The molecule has 0 amide bonds. The molecule has 0 aromatic carbocycles. The molecule has 0 rings (SSSR count). The van der Waals surface area contributed by atoms with Gasteiger partial charge in [0.1, 0.15) is 0 Å². The largest absolute Gasteiger partial charge is 0.811 e. The fraction of sp³-hybridized carbons (Fsp3) is 1.00. The highest BCUT2D eigenvalue weighted by molar-refractivity contribution is 9.12. The Morgan fingerprint density at radius 3 is 2.11 bits per heavy atom. The Morgan fingerprint density at radius 2 is 2.00 bits per heavy atom. The standard InChI is InChI=1S/C3H7Br2O3P/c4-1-3(5)2-9(6,7)8/h3H,1-2H2,(H2,6,7,8)/p-2. The lowest BCUT2D eigenvalue weighted by atomic mass is 10.6. The molecule has 1 unspecified atom stereocenters. The van der Waals surface area contributed by atoms with E-state index in [1.165, 1.54) is 0 Å². The minimum Gasteiger partial charge on any atom is -0.811 e. The summed E-state index contributed by atoms with van der Waals surface area (Å²) in [4.78, 5) is 19.8. The first kappa shape index (κ1) is 10.1. The highest BCUT2D eigenvalue weighted by Gasteiger charge is 2.02. The van der Waals surface area contributed by atoms with Crippen LogP contribution in [0.2, 0.25) is 0 Å². The third-order valence-corrected chi connectivity index (χ3v) is 4.28. The van der Waals surface area contributed by atoms with Crippen molar-refractivity contribution in [3.63, 3.8) is 0 Å². The lowest BCUT2D eigenvalue weighted by molar-refractivity contribution is -0.313. The Kier molecular flexibility index (Phi) is 4.59. The van der Waals surface area contributed by atoms with Crippen molar-refractivity contribution in [2.75, 3.05) is 11.5 Å². The molecule has 0 N–H and O–H groups in total.